The van der Waals surface area contributed by atoms with Crippen LogP contribution in [0.3, 0.4) is 0 Å². The van der Waals surface area contributed by atoms with Gasteiger partial charge in [-0.2, -0.15) is 5.10 Å². The monoisotopic (exact) mass is 456 g/mol. The van der Waals surface area contributed by atoms with Crippen molar-refractivity contribution in [2.75, 3.05) is 26.3 Å². The Morgan fingerprint density at radius 2 is 2.10 bits per heavy atom. The third kappa shape index (κ3) is 4.49. The summed E-state index contributed by atoms with van der Waals surface area (Å²) in [5.41, 5.74) is 2.57. The summed E-state index contributed by atoms with van der Waals surface area (Å²) in [4.78, 5) is 18.7. The van der Waals surface area contributed by atoms with Crippen molar-refractivity contribution >= 4 is 21.8 Å². The van der Waals surface area contributed by atoms with Gasteiger partial charge in [-0.25, -0.2) is 9.67 Å². The normalized spacial score (nSPS) is 16.6. The summed E-state index contributed by atoms with van der Waals surface area (Å²) in [5.74, 6) is 0.762. The molecule has 0 spiro atoms. The molecule has 7 nitrogen and oxygen atoms in total. The zero-order valence-corrected chi connectivity index (χ0v) is 17.6. The molecule has 3 aromatic rings. The van der Waals surface area contributed by atoms with Crippen LogP contribution >= 0.6 is 15.9 Å². The highest BCUT2D eigenvalue weighted by molar-refractivity contribution is 9.10. The number of benzene rings is 2. The Hall–Kier alpha value is -2.71. The van der Waals surface area contributed by atoms with Crippen molar-refractivity contribution in [2.45, 2.75) is 13.0 Å². The van der Waals surface area contributed by atoms with Crippen LogP contribution < -0.4 is 4.74 Å². The maximum absolute atomic E-state index is 12.9. The molecule has 29 heavy (non-hydrogen) atoms. The third-order valence-electron chi connectivity index (χ3n) is 4.88. The van der Waals surface area contributed by atoms with Gasteiger partial charge in [0.25, 0.3) is 5.91 Å². The highest BCUT2D eigenvalue weighted by atomic mass is 79.9. The van der Waals surface area contributed by atoms with Gasteiger partial charge in [0.1, 0.15) is 31.1 Å². The minimum atomic E-state index is -0.171. The summed E-state index contributed by atoms with van der Waals surface area (Å²) in [6.07, 6.45) is 2.97. The van der Waals surface area contributed by atoms with E-state index in [0.29, 0.717) is 31.9 Å². The summed E-state index contributed by atoms with van der Waals surface area (Å²) in [6.45, 7) is 3.90. The topological polar surface area (TPSA) is 69.5 Å². The largest absolute Gasteiger partial charge is 0.491 e. The van der Waals surface area contributed by atoms with E-state index in [0.717, 1.165) is 21.5 Å². The zero-order valence-electron chi connectivity index (χ0n) is 16.0. The Morgan fingerprint density at radius 3 is 2.86 bits per heavy atom. The fraction of sp³-hybridized carbons (Fsp3) is 0.286. The molecule has 2 heterocycles. The van der Waals surface area contributed by atoms with Crippen molar-refractivity contribution in [3.8, 4) is 11.4 Å². The number of ether oxygens (including phenoxy) is 2. The van der Waals surface area contributed by atoms with E-state index < -0.39 is 0 Å². The molecule has 1 saturated heterocycles. The fourth-order valence-electron chi connectivity index (χ4n) is 3.24. The average molecular weight is 457 g/mol. The van der Waals surface area contributed by atoms with Gasteiger partial charge in [-0.15, -0.1) is 0 Å². The molecule has 0 aliphatic carbocycles. The standard InChI is InChI=1S/C21H21BrN4O3/c1-15-19(3-2-4-20(15)22)21(27)25-9-10-28-18(11-25)12-29-17-7-5-16(6-8-17)26-14-23-13-24-26/h2-8,13-14,18H,9-12H2,1H3. The van der Waals surface area contributed by atoms with Crippen LogP contribution in [0.5, 0.6) is 5.75 Å². The predicted molar refractivity (Wildman–Crippen MR) is 111 cm³/mol. The van der Waals surface area contributed by atoms with Crippen LogP contribution in [0.2, 0.25) is 0 Å². The van der Waals surface area contributed by atoms with Crippen LogP contribution in [0.4, 0.5) is 0 Å². The molecule has 1 atom stereocenters. The first kappa shape index (κ1) is 19.6. The summed E-state index contributed by atoms with van der Waals surface area (Å²) in [7, 11) is 0. The Labute approximate surface area is 177 Å². The average Bonchev–Trinajstić information content (AvgIpc) is 3.29. The van der Waals surface area contributed by atoms with Crippen LogP contribution in [0.25, 0.3) is 5.69 Å². The minimum Gasteiger partial charge on any atom is -0.491 e. The van der Waals surface area contributed by atoms with Gasteiger partial charge in [-0.05, 0) is 48.9 Å². The number of carbonyl (C=O) groups excluding carboxylic acids is 1. The van der Waals surface area contributed by atoms with Crippen molar-refractivity contribution in [1.29, 1.82) is 0 Å². The number of nitrogens with zero attached hydrogens (tertiary/aromatic N) is 4. The smallest absolute Gasteiger partial charge is 0.254 e. The molecule has 1 amide bonds. The fourth-order valence-corrected chi connectivity index (χ4v) is 3.61. The number of aromatic nitrogens is 3. The maximum Gasteiger partial charge on any atom is 0.254 e. The first-order valence-corrected chi connectivity index (χ1v) is 10.1. The number of hydrogen-bond acceptors (Lipinski definition) is 5. The predicted octanol–water partition coefficient (Wildman–Crippen LogP) is 3.26. The maximum atomic E-state index is 12.9. The van der Waals surface area contributed by atoms with Crippen molar-refractivity contribution in [2.24, 2.45) is 0 Å². The lowest BCUT2D eigenvalue weighted by atomic mass is 10.1. The van der Waals surface area contributed by atoms with Crippen LogP contribution in [-0.4, -0.2) is 58.0 Å². The van der Waals surface area contributed by atoms with E-state index in [1.807, 2.05) is 54.3 Å². The highest BCUT2D eigenvalue weighted by Crippen LogP contribution is 2.22. The van der Waals surface area contributed by atoms with E-state index in [2.05, 4.69) is 26.0 Å². The molecular weight excluding hydrogens is 436 g/mol. The molecule has 1 unspecified atom stereocenters. The van der Waals surface area contributed by atoms with Crippen molar-refractivity contribution in [1.82, 2.24) is 19.7 Å². The summed E-state index contributed by atoms with van der Waals surface area (Å²) >= 11 is 3.49. The Balaban J connectivity index is 1.35. The van der Waals surface area contributed by atoms with E-state index in [1.54, 1.807) is 11.0 Å². The third-order valence-corrected chi connectivity index (χ3v) is 5.74. The molecule has 4 rings (SSSR count). The number of hydrogen-bond donors (Lipinski definition) is 0. The number of morpholine rings is 1. The highest BCUT2D eigenvalue weighted by Gasteiger charge is 2.26. The number of carbonyl (C=O) groups is 1. The second kappa shape index (κ2) is 8.75. The number of amides is 1. The van der Waals surface area contributed by atoms with Gasteiger partial charge in [0.05, 0.1) is 18.8 Å². The van der Waals surface area contributed by atoms with Crippen LogP contribution in [0, 0.1) is 6.92 Å². The van der Waals surface area contributed by atoms with E-state index in [9.17, 15) is 4.79 Å². The quantitative estimate of drug-likeness (QED) is 0.589. The number of halogens is 1. The van der Waals surface area contributed by atoms with Gasteiger partial charge in [-0.3, -0.25) is 4.79 Å². The van der Waals surface area contributed by atoms with E-state index in [1.165, 1.54) is 6.33 Å². The Bertz CT molecular complexity index is 976. The van der Waals surface area contributed by atoms with Gasteiger partial charge in [0.2, 0.25) is 0 Å². The summed E-state index contributed by atoms with van der Waals surface area (Å²) in [5, 5.41) is 4.10. The SMILES string of the molecule is Cc1c(Br)cccc1C(=O)N1CCOC(COc2ccc(-n3cncn3)cc2)C1. The van der Waals surface area contributed by atoms with Gasteiger partial charge in [-0.1, -0.05) is 22.0 Å². The van der Waals surface area contributed by atoms with E-state index in [-0.39, 0.29) is 12.0 Å². The van der Waals surface area contributed by atoms with Gasteiger partial charge in [0.15, 0.2) is 0 Å². The lowest BCUT2D eigenvalue weighted by Crippen LogP contribution is -2.47. The van der Waals surface area contributed by atoms with Gasteiger partial charge < -0.3 is 14.4 Å². The lowest BCUT2D eigenvalue weighted by molar-refractivity contribution is -0.0401. The van der Waals surface area contributed by atoms with Gasteiger partial charge >= 0.3 is 0 Å². The molecule has 1 aliphatic rings. The van der Waals surface area contributed by atoms with Crippen LogP contribution in [-0.2, 0) is 4.74 Å². The molecule has 2 aromatic carbocycles. The van der Waals surface area contributed by atoms with Crippen molar-refractivity contribution < 1.29 is 14.3 Å². The van der Waals surface area contributed by atoms with Crippen LogP contribution in [0.15, 0.2) is 59.6 Å². The molecule has 1 aliphatic heterocycles. The van der Waals surface area contributed by atoms with Crippen LogP contribution in [0.1, 0.15) is 15.9 Å². The lowest BCUT2D eigenvalue weighted by Gasteiger charge is -2.33. The van der Waals surface area contributed by atoms with E-state index in [4.69, 9.17) is 9.47 Å². The van der Waals surface area contributed by atoms with Crippen molar-refractivity contribution in [3.05, 3.63) is 70.7 Å². The van der Waals surface area contributed by atoms with E-state index >= 15 is 0 Å². The summed E-state index contributed by atoms with van der Waals surface area (Å²) < 4.78 is 14.3. The molecule has 0 N–H and O–H groups in total. The molecule has 0 saturated carbocycles. The minimum absolute atomic E-state index is 0.0225. The molecule has 0 bridgehead atoms. The second-order valence-electron chi connectivity index (χ2n) is 6.80. The number of rotatable bonds is 5. The molecule has 150 valence electrons. The summed E-state index contributed by atoms with van der Waals surface area (Å²) in [6, 6.07) is 13.3. The van der Waals surface area contributed by atoms with Crippen molar-refractivity contribution in [3.63, 3.8) is 0 Å². The molecular formula is C21H21BrN4O3. The zero-order chi connectivity index (χ0) is 20.2. The molecule has 8 heteroatoms. The second-order valence-corrected chi connectivity index (χ2v) is 7.66. The molecule has 1 fully saturated rings. The first-order valence-electron chi connectivity index (χ1n) is 9.35. The molecule has 1 aromatic heterocycles. The Morgan fingerprint density at radius 1 is 1.28 bits per heavy atom. The van der Waals surface area contributed by atoms with Gasteiger partial charge in [0, 0.05) is 16.6 Å². The molecule has 0 radical (unpaired) electrons. The first-order chi connectivity index (χ1) is 14.1. The Kier molecular flexibility index (Phi) is 5.92.